The Morgan fingerprint density at radius 3 is 2.54 bits per heavy atom. The monoisotopic (exact) mass is 529 g/mol. The third-order valence-corrected chi connectivity index (χ3v) is 7.33. The highest BCUT2D eigenvalue weighted by Crippen LogP contribution is 2.33. The molecule has 39 heavy (non-hydrogen) atoms. The predicted molar refractivity (Wildman–Crippen MR) is 143 cm³/mol. The van der Waals surface area contributed by atoms with E-state index in [9.17, 15) is 19.2 Å². The molecule has 0 saturated carbocycles. The van der Waals surface area contributed by atoms with Crippen molar-refractivity contribution in [2.75, 3.05) is 13.6 Å². The Kier molecular flexibility index (Phi) is 7.16. The number of hydrogen-bond acceptors (Lipinski definition) is 6. The number of carbonyl (C=O) groups is 4. The van der Waals surface area contributed by atoms with Gasteiger partial charge in [-0.1, -0.05) is 54.6 Å². The Morgan fingerprint density at radius 1 is 1.05 bits per heavy atom. The SMILES string of the molecule is C[C@H]1[C@H]2N(C(=O)CN(C)N2C(=O)NCc2ccccc2)[C@@H](CC(N)=O)C(=O)N1Cc1cccc2cccnc12. The molecule has 0 spiro atoms. The maximum absolute atomic E-state index is 13.9. The van der Waals surface area contributed by atoms with Crippen molar-refractivity contribution in [3.8, 4) is 0 Å². The number of carbonyl (C=O) groups excluding carboxylic acids is 4. The van der Waals surface area contributed by atoms with Gasteiger partial charge in [0.25, 0.3) is 0 Å². The maximum Gasteiger partial charge on any atom is 0.334 e. The van der Waals surface area contributed by atoms with Gasteiger partial charge in [0, 0.05) is 31.7 Å². The molecule has 2 fully saturated rings. The minimum Gasteiger partial charge on any atom is -0.370 e. The van der Waals surface area contributed by atoms with E-state index in [2.05, 4.69) is 10.3 Å². The molecule has 3 aromatic rings. The lowest BCUT2D eigenvalue weighted by atomic mass is 9.97. The van der Waals surface area contributed by atoms with Crippen LogP contribution in [0.1, 0.15) is 24.5 Å². The summed E-state index contributed by atoms with van der Waals surface area (Å²) in [4.78, 5) is 60.3. The van der Waals surface area contributed by atoms with Gasteiger partial charge in [-0.2, -0.15) is 0 Å². The molecular formula is C28H31N7O4. The van der Waals surface area contributed by atoms with E-state index in [1.165, 1.54) is 9.91 Å². The van der Waals surface area contributed by atoms with Crippen molar-refractivity contribution in [1.82, 2.24) is 30.1 Å². The Bertz CT molecular complexity index is 1410. The van der Waals surface area contributed by atoms with Crippen LogP contribution in [0.3, 0.4) is 0 Å². The molecule has 11 nitrogen and oxygen atoms in total. The summed E-state index contributed by atoms with van der Waals surface area (Å²) in [6.07, 6.45) is 0.497. The first-order chi connectivity index (χ1) is 18.8. The Balaban J connectivity index is 1.50. The molecule has 3 heterocycles. The van der Waals surface area contributed by atoms with Gasteiger partial charge in [0.1, 0.15) is 12.2 Å². The average Bonchev–Trinajstić information content (AvgIpc) is 2.92. The Hall–Kier alpha value is -4.51. The fourth-order valence-corrected chi connectivity index (χ4v) is 5.49. The van der Waals surface area contributed by atoms with Gasteiger partial charge in [-0.25, -0.2) is 14.8 Å². The lowest BCUT2D eigenvalue weighted by Crippen LogP contribution is -2.78. The van der Waals surface area contributed by atoms with E-state index in [1.54, 1.807) is 30.1 Å². The zero-order chi connectivity index (χ0) is 27.7. The van der Waals surface area contributed by atoms with E-state index in [4.69, 9.17) is 5.73 Å². The first-order valence-electron chi connectivity index (χ1n) is 12.8. The molecule has 5 rings (SSSR count). The molecule has 0 aliphatic carbocycles. The second kappa shape index (κ2) is 10.7. The van der Waals surface area contributed by atoms with Gasteiger partial charge in [-0.15, -0.1) is 0 Å². The fourth-order valence-electron chi connectivity index (χ4n) is 5.49. The van der Waals surface area contributed by atoms with Crippen LogP contribution in [0.4, 0.5) is 4.79 Å². The number of benzene rings is 2. The van der Waals surface area contributed by atoms with Gasteiger partial charge in [0.15, 0.2) is 0 Å². The molecular weight excluding hydrogens is 498 g/mol. The van der Waals surface area contributed by atoms with Crippen LogP contribution < -0.4 is 11.1 Å². The van der Waals surface area contributed by atoms with Crippen LogP contribution >= 0.6 is 0 Å². The van der Waals surface area contributed by atoms with Gasteiger partial charge in [-0.05, 0) is 24.1 Å². The van der Waals surface area contributed by atoms with E-state index >= 15 is 0 Å². The Labute approximate surface area is 226 Å². The van der Waals surface area contributed by atoms with E-state index in [-0.39, 0.29) is 32.0 Å². The van der Waals surface area contributed by atoms with E-state index in [0.717, 1.165) is 22.0 Å². The third kappa shape index (κ3) is 5.00. The molecule has 0 unspecified atom stereocenters. The standard InChI is InChI=1S/C28H31N7O4/c1-18-26-34(24(37)17-32(2)35(26)28(39)31-15-19-8-4-3-5-9-19)22(14-23(29)36)27(38)33(18)16-21-11-6-10-20-12-7-13-30-25(20)21/h3-13,18,22,26H,14-17H2,1-2H3,(H2,29,36)(H,31,39)/t18-,22-,26-/m0/s1. The molecule has 5 amide bonds. The number of nitrogens with one attached hydrogen (secondary N) is 1. The number of rotatable bonds is 6. The van der Waals surface area contributed by atoms with Crippen molar-refractivity contribution in [2.45, 2.75) is 44.7 Å². The number of likely N-dealkylation sites (N-methyl/N-ethyl adjacent to an activating group) is 1. The first-order valence-corrected chi connectivity index (χ1v) is 12.8. The number of urea groups is 1. The minimum atomic E-state index is -1.13. The number of primary amides is 1. The quantitative estimate of drug-likeness (QED) is 0.497. The second-order valence-corrected chi connectivity index (χ2v) is 9.90. The molecule has 2 aliphatic rings. The molecule has 0 bridgehead atoms. The lowest BCUT2D eigenvalue weighted by Gasteiger charge is -2.57. The van der Waals surface area contributed by atoms with Crippen molar-refractivity contribution in [1.29, 1.82) is 0 Å². The molecule has 202 valence electrons. The van der Waals surface area contributed by atoms with Gasteiger partial charge in [0.2, 0.25) is 17.7 Å². The van der Waals surface area contributed by atoms with Crippen molar-refractivity contribution < 1.29 is 19.2 Å². The zero-order valence-electron chi connectivity index (χ0n) is 21.9. The molecule has 3 N–H and O–H groups in total. The number of nitrogens with zero attached hydrogens (tertiary/aromatic N) is 5. The highest BCUT2D eigenvalue weighted by Gasteiger charge is 2.54. The maximum atomic E-state index is 13.9. The minimum absolute atomic E-state index is 0.127. The molecule has 2 aliphatic heterocycles. The molecule has 11 heteroatoms. The number of aromatic nitrogens is 1. The van der Waals surface area contributed by atoms with Crippen molar-refractivity contribution >= 4 is 34.7 Å². The highest BCUT2D eigenvalue weighted by molar-refractivity contribution is 5.95. The topological polar surface area (TPSA) is 132 Å². The van der Waals surface area contributed by atoms with Gasteiger partial charge < -0.3 is 20.9 Å². The summed E-state index contributed by atoms with van der Waals surface area (Å²) in [6.45, 7) is 2.15. The predicted octanol–water partition coefficient (Wildman–Crippen LogP) is 1.44. The van der Waals surface area contributed by atoms with Crippen molar-refractivity contribution in [3.63, 3.8) is 0 Å². The normalized spacial score (nSPS) is 21.7. The van der Waals surface area contributed by atoms with Crippen LogP contribution in [-0.4, -0.2) is 80.4 Å². The van der Waals surface area contributed by atoms with E-state index in [1.807, 2.05) is 60.7 Å². The van der Waals surface area contributed by atoms with E-state index < -0.39 is 36.1 Å². The van der Waals surface area contributed by atoms with Gasteiger partial charge in [0.05, 0.1) is 24.5 Å². The first kappa shape index (κ1) is 26.1. The number of hydrazine groups is 1. The highest BCUT2D eigenvalue weighted by atomic mass is 16.2. The van der Waals surface area contributed by atoms with Crippen LogP contribution in [0.25, 0.3) is 10.9 Å². The second-order valence-electron chi connectivity index (χ2n) is 9.90. The molecule has 3 atom stereocenters. The largest absolute Gasteiger partial charge is 0.370 e. The number of pyridine rings is 1. The smallest absolute Gasteiger partial charge is 0.334 e. The molecule has 2 saturated heterocycles. The fraction of sp³-hybridized carbons (Fsp3) is 0.321. The van der Waals surface area contributed by atoms with Crippen molar-refractivity contribution in [3.05, 3.63) is 78.0 Å². The number of amides is 5. The number of para-hydroxylation sites is 1. The summed E-state index contributed by atoms with van der Waals surface area (Å²) >= 11 is 0. The van der Waals surface area contributed by atoms with Crippen LogP contribution in [-0.2, 0) is 27.5 Å². The molecule has 2 aromatic carbocycles. The average molecular weight is 530 g/mol. The van der Waals surface area contributed by atoms with Crippen LogP contribution in [0.5, 0.6) is 0 Å². The summed E-state index contributed by atoms with van der Waals surface area (Å²) in [5.74, 6) is -1.46. The summed E-state index contributed by atoms with van der Waals surface area (Å²) in [6, 6.07) is 16.8. The lowest BCUT2D eigenvalue weighted by molar-refractivity contribution is -0.196. The van der Waals surface area contributed by atoms with Gasteiger partial charge >= 0.3 is 6.03 Å². The molecule has 0 radical (unpaired) electrons. The zero-order valence-corrected chi connectivity index (χ0v) is 21.9. The number of nitrogens with two attached hydrogens (primary N) is 1. The number of piperazine rings is 1. The summed E-state index contributed by atoms with van der Waals surface area (Å²) in [5.41, 5.74) is 8.02. The number of hydrogen-bond donors (Lipinski definition) is 2. The third-order valence-electron chi connectivity index (χ3n) is 7.33. The Morgan fingerprint density at radius 2 is 1.79 bits per heavy atom. The number of fused-ring (bicyclic) bond motifs is 2. The van der Waals surface area contributed by atoms with E-state index in [0.29, 0.717) is 0 Å². The van der Waals surface area contributed by atoms with Crippen molar-refractivity contribution in [2.24, 2.45) is 5.73 Å². The summed E-state index contributed by atoms with van der Waals surface area (Å²) < 4.78 is 0. The van der Waals surface area contributed by atoms with Gasteiger partial charge in [-0.3, -0.25) is 19.4 Å². The molecule has 1 aromatic heterocycles. The van der Waals surface area contributed by atoms with Crippen LogP contribution in [0, 0.1) is 0 Å². The van der Waals surface area contributed by atoms with Crippen LogP contribution in [0.15, 0.2) is 66.9 Å². The summed E-state index contributed by atoms with van der Waals surface area (Å²) in [7, 11) is 1.66. The summed E-state index contributed by atoms with van der Waals surface area (Å²) in [5, 5.41) is 6.87. The van der Waals surface area contributed by atoms with Crippen LogP contribution in [0.2, 0.25) is 0 Å².